The first-order valence-corrected chi connectivity index (χ1v) is 10.7. The van der Waals surface area contributed by atoms with E-state index in [1.165, 1.54) is 6.07 Å². The van der Waals surface area contributed by atoms with Gasteiger partial charge in [0.05, 0.1) is 18.2 Å². The van der Waals surface area contributed by atoms with Crippen molar-refractivity contribution in [3.05, 3.63) is 63.7 Å². The minimum absolute atomic E-state index is 0.184. The van der Waals surface area contributed by atoms with Crippen molar-refractivity contribution in [1.29, 1.82) is 0 Å². The molecule has 1 fully saturated rings. The molecule has 1 N–H and O–H groups in total. The molecule has 0 bridgehead atoms. The Balaban J connectivity index is 1.38. The number of rotatable bonds is 5. The van der Waals surface area contributed by atoms with Crippen molar-refractivity contribution < 1.29 is 13.7 Å². The fraction of sp³-hybridized carbons (Fsp3) is 0.286. The van der Waals surface area contributed by atoms with Crippen LogP contribution in [-0.4, -0.2) is 34.0 Å². The monoisotopic (exact) mass is 492 g/mol. The second-order valence-corrected chi connectivity index (χ2v) is 8.56. The highest BCUT2D eigenvalue weighted by Gasteiger charge is 2.27. The van der Waals surface area contributed by atoms with Crippen LogP contribution >= 0.6 is 27.5 Å². The Bertz CT molecular complexity index is 1060. The molecule has 2 heterocycles. The zero-order valence-corrected chi connectivity index (χ0v) is 18.3. The standard InChI is InChI=1S/C21H19BrClFN4O2/c22-15-6-7-18(17(24)10-15)25-21(29)14-4-2-8-28(11-14)12-19-26-20(27-30-19)13-3-1-5-16(23)9-13/h1,3,5-7,9-10,14H,2,4,8,11-12H2,(H,25,29). The van der Waals surface area contributed by atoms with E-state index in [0.29, 0.717) is 34.3 Å². The summed E-state index contributed by atoms with van der Waals surface area (Å²) in [6.07, 6.45) is 1.61. The number of amides is 1. The maximum atomic E-state index is 14.0. The first-order valence-electron chi connectivity index (χ1n) is 9.55. The van der Waals surface area contributed by atoms with Gasteiger partial charge in [0.1, 0.15) is 5.82 Å². The van der Waals surface area contributed by atoms with Crippen molar-refractivity contribution in [3.63, 3.8) is 0 Å². The molecule has 6 nitrogen and oxygen atoms in total. The molecule has 1 aliphatic rings. The van der Waals surface area contributed by atoms with Crippen LogP contribution in [0.25, 0.3) is 11.4 Å². The molecule has 4 rings (SSSR count). The molecular formula is C21H19BrClFN4O2. The Labute approximate surface area is 186 Å². The maximum Gasteiger partial charge on any atom is 0.241 e. The summed E-state index contributed by atoms with van der Waals surface area (Å²) in [6.45, 7) is 1.81. The van der Waals surface area contributed by atoms with Crippen LogP contribution in [0.5, 0.6) is 0 Å². The Morgan fingerprint density at radius 2 is 2.20 bits per heavy atom. The lowest BCUT2D eigenvalue weighted by Gasteiger charge is -2.30. The number of carbonyl (C=O) groups is 1. The third kappa shape index (κ3) is 5.06. The molecule has 1 saturated heterocycles. The number of halogens is 3. The maximum absolute atomic E-state index is 14.0. The molecule has 1 aromatic heterocycles. The number of piperidine rings is 1. The molecule has 0 saturated carbocycles. The van der Waals surface area contributed by atoms with Gasteiger partial charge in [-0.15, -0.1) is 0 Å². The average molecular weight is 494 g/mol. The number of benzene rings is 2. The normalized spacial score (nSPS) is 17.1. The van der Waals surface area contributed by atoms with E-state index in [-0.39, 0.29) is 17.5 Å². The van der Waals surface area contributed by atoms with Gasteiger partial charge in [-0.3, -0.25) is 9.69 Å². The van der Waals surface area contributed by atoms with E-state index in [4.69, 9.17) is 16.1 Å². The zero-order valence-electron chi connectivity index (χ0n) is 15.9. The fourth-order valence-corrected chi connectivity index (χ4v) is 4.02. The van der Waals surface area contributed by atoms with E-state index in [9.17, 15) is 9.18 Å². The van der Waals surface area contributed by atoms with Crippen LogP contribution in [0, 0.1) is 11.7 Å². The number of hydrogen-bond acceptors (Lipinski definition) is 5. The van der Waals surface area contributed by atoms with E-state index in [1.54, 1.807) is 24.3 Å². The Morgan fingerprint density at radius 1 is 1.33 bits per heavy atom. The van der Waals surface area contributed by atoms with Gasteiger partial charge in [-0.2, -0.15) is 4.98 Å². The summed E-state index contributed by atoms with van der Waals surface area (Å²) in [7, 11) is 0. The predicted octanol–water partition coefficient (Wildman–Crippen LogP) is 5.14. The molecule has 30 heavy (non-hydrogen) atoms. The van der Waals surface area contributed by atoms with E-state index in [0.717, 1.165) is 24.9 Å². The Hall–Kier alpha value is -2.29. The molecule has 156 valence electrons. The van der Waals surface area contributed by atoms with Crippen LogP contribution in [0.4, 0.5) is 10.1 Å². The summed E-state index contributed by atoms with van der Waals surface area (Å²) >= 11 is 9.23. The lowest BCUT2D eigenvalue weighted by molar-refractivity contribution is -0.121. The highest BCUT2D eigenvalue weighted by molar-refractivity contribution is 9.10. The van der Waals surface area contributed by atoms with Gasteiger partial charge in [-0.1, -0.05) is 44.8 Å². The molecule has 3 aromatic rings. The van der Waals surface area contributed by atoms with Crippen LogP contribution in [0.15, 0.2) is 51.5 Å². The molecule has 0 aliphatic carbocycles. The molecule has 9 heteroatoms. The average Bonchev–Trinajstić information content (AvgIpc) is 3.19. The number of hydrogen-bond donors (Lipinski definition) is 1. The molecule has 1 unspecified atom stereocenters. The quantitative estimate of drug-likeness (QED) is 0.533. The van der Waals surface area contributed by atoms with Crippen LogP contribution in [-0.2, 0) is 11.3 Å². The highest BCUT2D eigenvalue weighted by atomic mass is 79.9. The summed E-state index contributed by atoms with van der Waals surface area (Å²) in [5, 5.41) is 7.32. The van der Waals surface area contributed by atoms with Crippen molar-refractivity contribution in [2.75, 3.05) is 18.4 Å². The Kier molecular flexibility index (Phi) is 6.46. The van der Waals surface area contributed by atoms with Crippen LogP contribution in [0.2, 0.25) is 5.02 Å². The number of anilines is 1. The molecule has 0 radical (unpaired) electrons. The predicted molar refractivity (Wildman–Crippen MR) is 115 cm³/mol. The second-order valence-electron chi connectivity index (χ2n) is 7.21. The van der Waals surface area contributed by atoms with Crippen molar-refractivity contribution in [2.24, 2.45) is 5.92 Å². The van der Waals surface area contributed by atoms with E-state index >= 15 is 0 Å². The van der Waals surface area contributed by atoms with Crippen LogP contribution in [0.1, 0.15) is 18.7 Å². The van der Waals surface area contributed by atoms with E-state index in [2.05, 4.69) is 36.3 Å². The Morgan fingerprint density at radius 3 is 3.00 bits per heavy atom. The lowest BCUT2D eigenvalue weighted by Crippen LogP contribution is -2.40. The van der Waals surface area contributed by atoms with Gasteiger partial charge >= 0.3 is 0 Å². The molecular weight excluding hydrogens is 475 g/mol. The molecule has 1 amide bonds. The molecule has 1 atom stereocenters. The lowest BCUT2D eigenvalue weighted by atomic mass is 9.97. The van der Waals surface area contributed by atoms with Gasteiger partial charge < -0.3 is 9.84 Å². The minimum atomic E-state index is -0.468. The second kappa shape index (κ2) is 9.24. The molecule has 2 aromatic carbocycles. The smallest absolute Gasteiger partial charge is 0.241 e. The van der Waals surface area contributed by atoms with Crippen molar-refractivity contribution in [3.8, 4) is 11.4 Å². The number of nitrogens with zero attached hydrogens (tertiary/aromatic N) is 3. The van der Waals surface area contributed by atoms with Crippen molar-refractivity contribution in [1.82, 2.24) is 15.0 Å². The third-order valence-electron chi connectivity index (χ3n) is 4.98. The SMILES string of the molecule is O=C(Nc1ccc(Br)cc1F)C1CCCN(Cc2nc(-c3cccc(Cl)c3)no2)C1. The summed E-state index contributed by atoms with van der Waals surface area (Å²) in [5.41, 5.74) is 0.966. The van der Waals surface area contributed by atoms with E-state index < -0.39 is 5.82 Å². The summed E-state index contributed by atoms with van der Waals surface area (Å²) in [6, 6.07) is 11.8. The first-order chi connectivity index (χ1) is 14.5. The van der Waals surface area contributed by atoms with E-state index in [1.807, 2.05) is 12.1 Å². The van der Waals surface area contributed by atoms with Crippen LogP contribution in [0.3, 0.4) is 0 Å². The minimum Gasteiger partial charge on any atom is -0.338 e. The number of aromatic nitrogens is 2. The third-order valence-corrected chi connectivity index (χ3v) is 5.70. The fourth-order valence-electron chi connectivity index (χ4n) is 3.49. The van der Waals surface area contributed by atoms with Gasteiger partial charge in [-0.25, -0.2) is 4.39 Å². The number of likely N-dealkylation sites (tertiary alicyclic amines) is 1. The molecule has 1 aliphatic heterocycles. The largest absolute Gasteiger partial charge is 0.338 e. The number of carbonyl (C=O) groups excluding carboxylic acids is 1. The number of nitrogens with one attached hydrogen (secondary N) is 1. The van der Waals surface area contributed by atoms with Gasteiger partial charge in [0.25, 0.3) is 0 Å². The summed E-state index contributed by atoms with van der Waals surface area (Å²) < 4.78 is 20.0. The van der Waals surface area contributed by atoms with Gasteiger partial charge in [-0.05, 0) is 49.7 Å². The van der Waals surface area contributed by atoms with Crippen molar-refractivity contribution in [2.45, 2.75) is 19.4 Å². The van der Waals surface area contributed by atoms with Crippen molar-refractivity contribution >= 4 is 39.1 Å². The summed E-state index contributed by atoms with van der Waals surface area (Å²) in [4.78, 5) is 19.2. The van der Waals surface area contributed by atoms with Gasteiger partial charge in [0.2, 0.25) is 17.6 Å². The first kappa shape index (κ1) is 21.0. The topological polar surface area (TPSA) is 71.3 Å². The van der Waals surface area contributed by atoms with Gasteiger partial charge in [0, 0.05) is 21.6 Å². The molecule has 0 spiro atoms. The van der Waals surface area contributed by atoms with Crippen LogP contribution < -0.4 is 5.32 Å². The summed E-state index contributed by atoms with van der Waals surface area (Å²) in [5.74, 6) is 0.0579. The highest BCUT2D eigenvalue weighted by Crippen LogP contribution is 2.24. The van der Waals surface area contributed by atoms with Gasteiger partial charge in [0.15, 0.2) is 0 Å². The zero-order chi connectivity index (χ0) is 21.1.